The van der Waals surface area contributed by atoms with Gasteiger partial charge in [0, 0.05) is 0 Å². The van der Waals surface area contributed by atoms with Crippen LogP contribution < -0.4 is 0 Å². The summed E-state index contributed by atoms with van der Waals surface area (Å²) in [6, 6.07) is 0. The molecule has 3 heteroatoms. The zero-order valence-corrected chi connectivity index (χ0v) is 8.78. The van der Waals surface area contributed by atoms with Gasteiger partial charge < -0.3 is 10.2 Å². The number of aliphatic hydroxyl groups excluding tert-OH is 1. The van der Waals surface area contributed by atoms with Gasteiger partial charge in [-0.15, -0.1) is 0 Å². The summed E-state index contributed by atoms with van der Waals surface area (Å²) in [5.74, 6) is -0.133. The molecule has 1 rings (SSSR count). The average molecular weight is 200 g/mol. The smallest absolute Gasteiger partial charge is 0.332 e. The first-order chi connectivity index (χ1) is 6.61. The van der Waals surface area contributed by atoms with Gasteiger partial charge in [0.15, 0.2) is 6.10 Å². The first-order valence-electron chi connectivity index (χ1n) is 5.52. The van der Waals surface area contributed by atoms with Crippen LogP contribution in [-0.4, -0.2) is 22.3 Å². The Hall–Kier alpha value is -0.570. The number of aliphatic carboxylic acids is 1. The van der Waals surface area contributed by atoms with Gasteiger partial charge in [-0.25, -0.2) is 4.79 Å². The van der Waals surface area contributed by atoms with E-state index in [1.807, 2.05) is 0 Å². The fourth-order valence-electron chi connectivity index (χ4n) is 2.35. The maximum atomic E-state index is 10.5. The largest absolute Gasteiger partial charge is 0.479 e. The fraction of sp³-hybridized carbons (Fsp3) is 0.909. The van der Waals surface area contributed by atoms with Gasteiger partial charge in [0.05, 0.1) is 0 Å². The summed E-state index contributed by atoms with van der Waals surface area (Å²) in [5.41, 5.74) is 0. The van der Waals surface area contributed by atoms with Crippen LogP contribution in [-0.2, 0) is 4.79 Å². The van der Waals surface area contributed by atoms with Crippen molar-refractivity contribution in [2.45, 2.75) is 51.6 Å². The third-order valence-electron chi connectivity index (χ3n) is 3.33. The van der Waals surface area contributed by atoms with Gasteiger partial charge in [-0.2, -0.15) is 0 Å². The Morgan fingerprint density at radius 3 is 2.43 bits per heavy atom. The van der Waals surface area contributed by atoms with E-state index in [1.54, 1.807) is 0 Å². The highest BCUT2D eigenvalue weighted by atomic mass is 16.4. The van der Waals surface area contributed by atoms with Crippen LogP contribution in [0, 0.1) is 11.8 Å². The second kappa shape index (κ2) is 5.35. The molecule has 0 radical (unpaired) electrons. The van der Waals surface area contributed by atoms with Crippen LogP contribution in [0.15, 0.2) is 0 Å². The summed E-state index contributed by atoms with van der Waals surface area (Å²) in [6.45, 7) is 2.06. The number of carboxylic acids is 1. The van der Waals surface area contributed by atoms with E-state index < -0.39 is 12.1 Å². The highest BCUT2D eigenvalue weighted by molar-refractivity contribution is 5.71. The van der Waals surface area contributed by atoms with Gasteiger partial charge in [0.25, 0.3) is 0 Å². The van der Waals surface area contributed by atoms with E-state index >= 15 is 0 Å². The molecule has 2 atom stereocenters. The lowest BCUT2D eigenvalue weighted by Crippen LogP contribution is -2.26. The zero-order chi connectivity index (χ0) is 10.6. The minimum Gasteiger partial charge on any atom is -0.479 e. The topological polar surface area (TPSA) is 57.5 Å². The highest BCUT2D eigenvalue weighted by Crippen LogP contribution is 2.31. The van der Waals surface area contributed by atoms with Gasteiger partial charge in [-0.1, -0.05) is 39.0 Å². The highest BCUT2D eigenvalue weighted by Gasteiger charge is 2.24. The van der Waals surface area contributed by atoms with Crippen LogP contribution in [0.2, 0.25) is 0 Å². The molecule has 82 valence electrons. The first kappa shape index (κ1) is 11.5. The van der Waals surface area contributed by atoms with Gasteiger partial charge in [-0.05, 0) is 18.3 Å². The Labute approximate surface area is 85.1 Å². The summed E-state index contributed by atoms with van der Waals surface area (Å²) < 4.78 is 0. The third kappa shape index (κ3) is 3.29. The van der Waals surface area contributed by atoms with Crippen molar-refractivity contribution >= 4 is 5.97 Å². The summed E-state index contributed by atoms with van der Waals surface area (Å²) in [6.07, 6.45) is 5.47. The molecular weight excluding hydrogens is 180 g/mol. The van der Waals surface area contributed by atoms with E-state index in [4.69, 9.17) is 5.11 Å². The number of carbonyl (C=O) groups is 1. The number of hydrogen-bond donors (Lipinski definition) is 2. The number of rotatable bonds is 4. The van der Waals surface area contributed by atoms with E-state index in [2.05, 4.69) is 6.92 Å². The molecule has 3 nitrogen and oxygen atoms in total. The quantitative estimate of drug-likeness (QED) is 0.730. The molecule has 0 aromatic heterocycles. The molecule has 1 saturated carbocycles. The van der Waals surface area contributed by atoms with E-state index in [1.165, 1.54) is 32.1 Å². The van der Waals surface area contributed by atoms with Gasteiger partial charge in [0.2, 0.25) is 0 Å². The molecular formula is C11H20O3. The normalized spacial score (nSPS) is 23.0. The second-order valence-electron chi connectivity index (χ2n) is 4.47. The monoisotopic (exact) mass is 200 g/mol. The van der Waals surface area contributed by atoms with Crippen molar-refractivity contribution in [2.75, 3.05) is 0 Å². The van der Waals surface area contributed by atoms with Crippen molar-refractivity contribution in [1.29, 1.82) is 0 Å². The maximum absolute atomic E-state index is 10.5. The van der Waals surface area contributed by atoms with Gasteiger partial charge in [0.1, 0.15) is 0 Å². The summed E-state index contributed by atoms with van der Waals surface area (Å²) in [5, 5.41) is 17.8. The van der Waals surface area contributed by atoms with Crippen molar-refractivity contribution in [3.8, 4) is 0 Å². The van der Waals surface area contributed by atoms with Crippen molar-refractivity contribution in [3.63, 3.8) is 0 Å². The van der Waals surface area contributed by atoms with Gasteiger partial charge >= 0.3 is 5.97 Å². The maximum Gasteiger partial charge on any atom is 0.332 e. The minimum absolute atomic E-state index is 0.335. The molecule has 0 amide bonds. The fourth-order valence-corrected chi connectivity index (χ4v) is 2.35. The van der Waals surface area contributed by atoms with Crippen molar-refractivity contribution in [1.82, 2.24) is 0 Å². The van der Waals surface area contributed by atoms with Crippen LogP contribution in [0.3, 0.4) is 0 Å². The molecule has 0 saturated heterocycles. The molecule has 1 aliphatic carbocycles. The molecule has 0 bridgehead atoms. The standard InChI is InChI=1S/C11H20O3/c1-8(7-10(12)11(13)14)9-5-3-2-4-6-9/h8-10,12H,2-7H2,1H3,(H,13,14). The van der Waals surface area contributed by atoms with Crippen molar-refractivity contribution < 1.29 is 15.0 Å². The van der Waals surface area contributed by atoms with Crippen LogP contribution >= 0.6 is 0 Å². The molecule has 0 aromatic rings. The van der Waals surface area contributed by atoms with Crippen LogP contribution in [0.4, 0.5) is 0 Å². The first-order valence-corrected chi connectivity index (χ1v) is 5.52. The predicted molar refractivity (Wildman–Crippen MR) is 54.0 cm³/mol. The lowest BCUT2D eigenvalue weighted by Gasteiger charge is -2.28. The lowest BCUT2D eigenvalue weighted by atomic mass is 9.79. The summed E-state index contributed by atoms with van der Waals surface area (Å²) >= 11 is 0. The SMILES string of the molecule is CC(CC(O)C(=O)O)C1CCCCC1. The number of carboxylic acid groups (broad SMARTS) is 1. The molecule has 14 heavy (non-hydrogen) atoms. The van der Waals surface area contributed by atoms with Crippen LogP contribution in [0.25, 0.3) is 0 Å². The van der Waals surface area contributed by atoms with Crippen LogP contribution in [0.5, 0.6) is 0 Å². The predicted octanol–water partition coefficient (Wildman–Crippen LogP) is 2.04. The van der Waals surface area contributed by atoms with Crippen LogP contribution in [0.1, 0.15) is 45.4 Å². The number of aliphatic hydroxyl groups is 1. The number of hydrogen-bond acceptors (Lipinski definition) is 2. The average Bonchev–Trinajstić information content (AvgIpc) is 2.19. The summed E-state index contributed by atoms with van der Waals surface area (Å²) in [7, 11) is 0. The van der Waals surface area contributed by atoms with E-state index in [-0.39, 0.29) is 0 Å². The third-order valence-corrected chi connectivity index (χ3v) is 3.33. The molecule has 0 spiro atoms. The molecule has 0 aliphatic heterocycles. The minimum atomic E-state index is -1.17. The van der Waals surface area contributed by atoms with Crippen molar-refractivity contribution in [3.05, 3.63) is 0 Å². The van der Waals surface area contributed by atoms with E-state index in [0.29, 0.717) is 18.3 Å². The molecule has 1 aliphatic rings. The Bertz CT molecular complexity index is 185. The van der Waals surface area contributed by atoms with E-state index in [0.717, 1.165) is 0 Å². The summed E-state index contributed by atoms with van der Waals surface area (Å²) in [4.78, 5) is 10.5. The molecule has 1 fully saturated rings. The zero-order valence-electron chi connectivity index (χ0n) is 8.78. The Balaban J connectivity index is 2.32. The van der Waals surface area contributed by atoms with Crippen molar-refractivity contribution in [2.24, 2.45) is 11.8 Å². The lowest BCUT2D eigenvalue weighted by molar-refractivity contribution is -0.147. The molecule has 2 N–H and O–H groups in total. The Morgan fingerprint density at radius 1 is 1.36 bits per heavy atom. The van der Waals surface area contributed by atoms with E-state index in [9.17, 15) is 9.90 Å². The van der Waals surface area contributed by atoms with Gasteiger partial charge in [-0.3, -0.25) is 0 Å². The molecule has 0 heterocycles. The second-order valence-corrected chi connectivity index (χ2v) is 4.47. The Morgan fingerprint density at radius 2 is 1.93 bits per heavy atom. The Kier molecular flexibility index (Phi) is 4.39. The molecule has 2 unspecified atom stereocenters. The molecule has 0 aromatic carbocycles.